The van der Waals surface area contributed by atoms with Gasteiger partial charge in [-0.25, -0.2) is 4.98 Å². The summed E-state index contributed by atoms with van der Waals surface area (Å²) in [6.45, 7) is 0. The summed E-state index contributed by atoms with van der Waals surface area (Å²) in [6, 6.07) is 11.2. The van der Waals surface area contributed by atoms with E-state index in [1.54, 1.807) is 12.3 Å². The molecule has 2 aromatic heterocycles. The molecular formula is C13H7Cl3N2O. The maximum Gasteiger partial charge on any atom is 0.255 e. The van der Waals surface area contributed by atoms with Gasteiger partial charge in [-0.2, -0.15) is 0 Å². The van der Waals surface area contributed by atoms with E-state index in [1.165, 1.54) is 0 Å². The van der Waals surface area contributed by atoms with E-state index in [0.717, 1.165) is 10.9 Å². The van der Waals surface area contributed by atoms with E-state index in [0.29, 0.717) is 5.65 Å². The monoisotopic (exact) mass is 312 g/mol. The third kappa shape index (κ3) is 2.18. The van der Waals surface area contributed by atoms with E-state index in [4.69, 9.17) is 34.8 Å². The largest absolute Gasteiger partial charge is 0.301 e. The first-order valence-corrected chi connectivity index (χ1v) is 6.58. The average Bonchev–Trinajstić information content (AvgIpc) is 2.74. The fourth-order valence-corrected chi connectivity index (χ4v) is 2.27. The molecule has 0 saturated heterocycles. The molecule has 0 fully saturated rings. The van der Waals surface area contributed by atoms with Crippen LogP contribution in [0.3, 0.4) is 0 Å². The van der Waals surface area contributed by atoms with Gasteiger partial charge in [-0.1, -0.05) is 53.0 Å². The highest BCUT2D eigenvalue weighted by Gasteiger charge is 2.32. The van der Waals surface area contributed by atoms with Gasteiger partial charge in [0.1, 0.15) is 11.3 Å². The summed E-state index contributed by atoms with van der Waals surface area (Å²) in [5.74, 6) is -0.634. The number of alkyl halides is 3. The Morgan fingerprint density at radius 1 is 1.16 bits per heavy atom. The standard InChI is InChI=1S/C13H7Cl3N2O/c14-13(15,16)12(19)9-5-6-18-10-4-2-1-3-8(10)7-11(18)17-9/h1-7H. The Morgan fingerprint density at radius 3 is 2.63 bits per heavy atom. The number of fused-ring (bicyclic) bond motifs is 3. The molecule has 0 aliphatic rings. The van der Waals surface area contributed by atoms with Crippen LogP contribution in [0.1, 0.15) is 10.5 Å². The van der Waals surface area contributed by atoms with E-state index < -0.39 is 9.58 Å². The van der Waals surface area contributed by atoms with Gasteiger partial charge in [0.15, 0.2) is 0 Å². The lowest BCUT2D eigenvalue weighted by atomic mass is 10.2. The second-order valence-corrected chi connectivity index (χ2v) is 6.35. The third-order valence-electron chi connectivity index (χ3n) is 2.83. The first kappa shape index (κ1) is 12.7. The van der Waals surface area contributed by atoms with Crippen LogP contribution in [0.5, 0.6) is 0 Å². The molecule has 0 aliphatic heterocycles. The molecule has 6 heteroatoms. The van der Waals surface area contributed by atoms with Crippen LogP contribution in [0, 0.1) is 0 Å². The van der Waals surface area contributed by atoms with E-state index in [2.05, 4.69) is 4.98 Å². The normalized spacial score (nSPS) is 12.2. The van der Waals surface area contributed by atoms with Gasteiger partial charge < -0.3 is 4.40 Å². The molecule has 0 N–H and O–H groups in total. The highest BCUT2D eigenvalue weighted by Crippen LogP contribution is 2.30. The highest BCUT2D eigenvalue weighted by molar-refractivity contribution is 6.77. The molecular weight excluding hydrogens is 307 g/mol. The molecule has 3 nitrogen and oxygen atoms in total. The molecule has 96 valence electrons. The molecule has 3 aromatic rings. The van der Waals surface area contributed by atoms with E-state index in [9.17, 15) is 4.79 Å². The maximum absolute atomic E-state index is 11.9. The second kappa shape index (κ2) is 4.37. The first-order valence-electron chi connectivity index (χ1n) is 5.45. The van der Waals surface area contributed by atoms with Crippen molar-refractivity contribution in [1.29, 1.82) is 0 Å². The number of carbonyl (C=O) groups excluding carboxylic acids is 1. The average molecular weight is 314 g/mol. The molecule has 0 saturated carbocycles. The fourth-order valence-electron chi connectivity index (χ4n) is 1.98. The number of carbonyl (C=O) groups is 1. The molecule has 1 aromatic carbocycles. The van der Waals surface area contributed by atoms with E-state index in [-0.39, 0.29) is 5.69 Å². The zero-order chi connectivity index (χ0) is 13.6. The lowest BCUT2D eigenvalue weighted by Crippen LogP contribution is -2.20. The van der Waals surface area contributed by atoms with Crippen molar-refractivity contribution in [1.82, 2.24) is 9.38 Å². The number of para-hydroxylation sites is 1. The Morgan fingerprint density at radius 2 is 1.89 bits per heavy atom. The Bertz CT molecular complexity index is 789. The number of nitrogens with zero attached hydrogens (tertiary/aromatic N) is 2. The molecule has 0 aliphatic carbocycles. The number of hydrogen-bond acceptors (Lipinski definition) is 2. The van der Waals surface area contributed by atoms with Gasteiger partial charge >= 0.3 is 0 Å². The number of benzene rings is 1. The molecule has 0 unspecified atom stereocenters. The smallest absolute Gasteiger partial charge is 0.255 e. The van der Waals surface area contributed by atoms with Crippen LogP contribution < -0.4 is 0 Å². The molecule has 0 spiro atoms. The van der Waals surface area contributed by atoms with Crippen LogP contribution >= 0.6 is 34.8 Å². The minimum Gasteiger partial charge on any atom is -0.301 e. The molecule has 0 radical (unpaired) electrons. The summed E-state index contributed by atoms with van der Waals surface area (Å²) in [6.07, 6.45) is 1.74. The third-order valence-corrected chi connectivity index (χ3v) is 3.35. The number of hydrogen-bond donors (Lipinski definition) is 0. The lowest BCUT2D eigenvalue weighted by molar-refractivity contribution is 0.0992. The minimum absolute atomic E-state index is 0.135. The summed E-state index contributed by atoms with van der Waals surface area (Å²) >= 11 is 16.7. The number of rotatable bonds is 1. The minimum atomic E-state index is -1.99. The Kier molecular flexibility index (Phi) is 2.93. The number of ketones is 1. The summed E-state index contributed by atoms with van der Waals surface area (Å²) in [7, 11) is 0. The topological polar surface area (TPSA) is 34.4 Å². The summed E-state index contributed by atoms with van der Waals surface area (Å²) in [4.78, 5) is 16.1. The van der Waals surface area contributed by atoms with Crippen molar-refractivity contribution < 1.29 is 4.79 Å². The van der Waals surface area contributed by atoms with Crippen LogP contribution in [-0.4, -0.2) is 19.0 Å². The second-order valence-electron chi connectivity index (χ2n) is 4.07. The Labute approximate surface area is 123 Å². The predicted molar refractivity (Wildman–Crippen MR) is 77.3 cm³/mol. The van der Waals surface area contributed by atoms with Crippen LogP contribution in [0.2, 0.25) is 0 Å². The zero-order valence-electron chi connectivity index (χ0n) is 9.48. The van der Waals surface area contributed by atoms with E-state index >= 15 is 0 Å². The summed E-state index contributed by atoms with van der Waals surface area (Å²) in [5, 5.41) is 1.04. The lowest BCUT2D eigenvalue weighted by Gasteiger charge is -2.08. The van der Waals surface area contributed by atoms with Crippen molar-refractivity contribution in [2.45, 2.75) is 3.79 Å². The molecule has 2 heterocycles. The maximum atomic E-state index is 11.9. The van der Waals surface area contributed by atoms with Crippen LogP contribution in [0.4, 0.5) is 0 Å². The SMILES string of the molecule is O=C(c1ccn2c(cc3ccccc32)n1)C(Cl)(Cl)Cl. The Hall–Kier alpha value is -1.29. The zero-order valence-corrected chi connectivity index (χ0v) is 11.7. The van der Waals surface area contributed by atoms with E-state index in [1.807, 2.05) is 34.7 Å². The molecule has 0 amide bonds. The number of Topliss-reactive ketones (excluding diaryl/α,β-unsaturated/α-hetero) is 1. The van der Waals surface area contributed by atoms with Gasteiger partial charge in [-0.15, -0.1) is 0 Å². The van der Waals surface area contributed by atoms with Crippen molar-refractivity contribution in [3.05, 3.63) is 48.3 Å². The quantitative estimate of drug-likeness (QED) is 0.502. The summed E-state index contributed by atoms with van der Waals surface area (Å²) in [5.41, 5.74) is 1.79. The van der Waals surface area contributed by atoms with Gasteiger partial charge in [0, 0.05) is 11.6 Å². The van der Waals surface area contributed by atoms with Crippen LogP contribution in [0.25, 0.3) is 16.6 Å². The Balaban J connectivity index is 2.22. The van der Waals surface area contributed by atoms with Crippen molar-refractivity contribution in [2.24, 2.45) is 0 Å². The highest BCUT2D eigenvalue weighted by atomic mass is 35.6. The van der Waals surface area contributed by atoms with Crippen molar-refractivity contribution in [3.8, 4) is 0 Å². The first-order chi connectivity index (χ1) is 8.97. The fraction of sp³-hybridized carbons (Fsp3) is 0.0769. The van der Waals surface area contributed by atoms with Gasteiger partial charge in [0.25, 0.3) is 3.79 Å². The van der Waals surface area contributed by atoms with Crippen molar-refractivity contribution >= 4 is 57.1 Å². The molecule has 0 bridgehead atoms. The van der Waals surface area contributed by atoms with Crippen LogP contribution in [-0.2, 0) is 0 Å². The van der Waals surface area contributed by atoms with Crippen LogP contribution in [0.15, 0.2) is 42.6 Å². The van der Waals surface area contributed by atoms with Gasteiger partial charge in [0.05, 0.1) is 5.52 Å². The van der Waals surface area contributed by atoms with Crippen molar-refractivity contribution in [2.75, 3.05) is 0 Å². The molecule has 19 heavy (non-hydrogen) atoms. The number of aromatic nitrogens is 2. The van der Waals surface area contributed by atoms with Gasteiger partial charge in [-0.05, 0) is 18.2 Å². The number of halogens is 3. The summed E-state index contributed by atoms with van der Waals surface area (Å²) < 4.78 is -0.109. The van der Waals surface area contributed by atoms with Gasteiger partial charge in [-0.3, -0.25) is 4.79 Å². The predicted octanol–water partition coefficient (Wildman–Crippen LogP) is 4.04. The van der Waals surface area contributed by atoms with Crippen molar-refractivity contribution in [3.63, 3.8) is 0 Å². The van der Waals surface area contributed by atoms with Gasteiger partial charge in [0.2, 0.25) is 5.78 Å². The molecule has 0 atom stereocenters. The molecule has 3 rings (SSSR count).